The summed E-state index contributed by atoms with van der Waals surface area (Å²) in [5.74, 6) is -0.804. The van der Waals surface area contributed by atoms with E-state index in [0.29, 0.717) is 0 Å². The van der Waals surface area contributed by atoms with E-state index < -0.39 is 5.97 Å². The van der Waals surface area contributed by atoms with Gasteiger partial charge in [-0.2, -0.15) is 0 Å². The molecule has 0 bridgehead atoms. The monoisotopic (exact) mass is 230 g/mol. The van der Waals surface area contributed by atoms with Gasteiger partial charge in [0.15, 0.2) is 0 Å². The number of carboxylic acid groups (broad SMARTS) is 1. The van der Waals surface area contributed by atoms with Gasteiger partial charge in [-0.1, -0.05) is 0 Å². The lowest BCUT2D eigenvalue weighted by molar-refractivity contribution is 0.0687. The molecule has 0 spiro atoms. The van der Waals surface area contributed by atoms with Crippen molar-refractivity contribution in [1.29, 1.82) is 0 Å². The number of aromatic hydroxyl groups is 1. The molecule has 0 amide bonds. The Kier molecular flexibility index (Phi) is 1.75. The van der Waals surface area contributed by atoms with Crippen molar-refractivity contribution < 1.29 is 15.0 Å². The van der Waals surface area contributed by atoms with Crippen LogP contribution in [0.4, 0.5) is 0 Å². The van der Waals surface area contributed by atoms with Crippen LogP contribution >= 0.6 is 0 Å². The van der Waals surface area contributed by atoms with Gasteiger partial charge in [0.1, 0.15) is 11.4 Å². The molecule has 5 heteroatoms. The Morgan fingerprint density at radius 1 is 1.29 bits per heavy atom. The van der Waals surface area contributed by atoms with Crippen LogP contribution in [0.15, 0.2) is 24.3 Å². The number of phenolic OH excluding ortho intramolecular Hbond substituents is 1. The summed E-state index contributed by atoms with van der Waals surface area (Å²) in [5, 5.41) is 19.3. The average molecular weight is 230 g/mol. The molecule has 86 valence electrons. The predicted molar refractivity (Wildman–Crippen MR) is 63.4 cm³/mol. The topological polar surface area (TPSA) is 78.2 Å². The number of carbonyl (C=O) groups is 1. The van der Waals surface area contributed by atoms with Crippen molar-refractivity contribution in [2.75, 3.05) is 0 Å². The zero-order valence-corrected chi connectivity index (χ0v) is 9.06. The number of carboxylic acids is 1. The highest BCUT2D eigenvalue weighted by Crippen LogP contribution is 2.30. The summed E-state index contributed by atoms with van der Waals surface area (Å²) in [7, 11) is 1.70. The lowest BCUT2D eigenvalue weighted by Crippen LogP contribution is -2.03. The number of H-pyrrole nitrogens is 1. The van der Waals surface area contributed by atoms with Gasteiger partial charge in [-0.15, -0.1) is 0 Å². The summed E-state index contributed by atoms with van der Waals surface area (Å²) in [5.41, 5.74) is 2.63. The first-order valence-electron chi connectivity index (χ1n) is 5.11. The molecule has 0 unspecified atom stereocenters. The molecule has 17 heavy (non-hydrogen) atoms. The summed E-state index contributed by atoms with van der Waals surface area (Å²) >= 11 is 0. The first-order valence-corrected chi connectivity index (χ1v) is 5.11. The molecule has 0 atom stereocenters. The molecule has 5 nitrogen and oxygen atoms in total. The fourth-order valence-corrected chi connectivity index (χ4v) is 2.21. The minimum atomic E-state index is -0.967. The first-order chi connectivity index (χ1) is 8.08. The maximum Gasteiger partial charge on any atom is 0.352 e. The van der Waals surface area contributed by atoms with Crippen molar-refractivity contribution in [2.24, 2.45) is 7.05 Å². The summed E-state index contributed by atoms with van der Waals surface area (Å²) in [6.45, 7) is 0. The van der Waals surface area contributed by atoms with Crippen LogP contribution < -0.4 is 0 Å². The number of aromatic carboxylic acids is 1. The van der Waals surface area contributed by atoms with Gasteiger partial charge >= 0.3 is 5.97 Å². The second kappa shape index (κ2) is 3.04. The number of phenols is 1. The highest BCUT2D eigenvalue weighted by Gasteiger charge is 2.16. The van der Waals surface area contributed by atoms with Gasteiger partial charge in [0.2, 0.25) is 0 Å². The third kappa shape index (κ3) is 1.22. The number of hydrogen-bond acceptors (Lipinski definition) is 2. The molecule has 0 fully saturated rings. The van der Waals surface area contributed by atoms with Crippen LogP contribution in [0.5, 0.6) is 5.75 Å². The van der Waals surface area contributed by atoms with Crippen molar-refractivity contribution in [3.8, 4) is 5.75 Å². The molecular weight excluding hydrogens is 220 g/mol. The van der Waals surface area contributed by atoms with Crippen molar-refractivity contribution in [3.05, 3.63) is 30.0 Å². The molecule has 1 aromatic carbocycles. The van der Waals surface area contributed by atoms with Gasteiger partial charge in [0.05, 0.1) is 11.0 Å². The maximum absolute atomic E-state index is 11.0. The second-order valence-corrected chi connectivity index (χ2v) is 4.01. The summed E-state index contributed by atoms with van der Waals surface area (Å²) in [4.78, 5) is 14.1. The van der Waals surface area contributed by atoms with Gasteiger partial charge < -0.3 is 19.8 Å². The minimum Gasteiger partial charge on any atom is -0.508 e. The Bertz CT molecular complexity index is 752. The number of nitrogens with zero attached hydrogens (tertiary/aromatic N) is 1. The molecule has 3 rings (SSSR count). The Labute approximate surface area is 95.9 Å². The fraction of sp³-hybridized carbons (Fsp3) is 0.0833. The van der Waals surface area contributed by atoms with Crippen molar-refractivity contribution in [2.45, 2.75) is 0 Å². The Balaban J connectivity index is 2.48. The molecule has 0 saturated heterocycles. The Hall–Kier alpha value is -2.43. The van der Waals surface area contributed by atoms with Crippen LogP contribution in [0.1, 0.15) is 10.5 Å². The lowest BCUT2D eigenvalue weighted by Gasteiger charge is -1.99. The van der Waals surface area contributed by atoms with E-state index in [1.807, 2.05) is 0 Å². The van der Waals surface area contributed by atoms with Gasteiger partial charge in [-0.25, -0.2) is 4.79 Å². The largest absolute Gasteiger partial charge is 0.508 e. The number of rotatable bonds is 1. The number of aromatic amines is 1. The predicted octanol–water partition coefficient (Wildman–Crippen LogP) is 2.06. The minimum absolute atomic E-state index is 0.163. The summed E-state index contributed by atoms with van der Waals surface area (Å²) < 4.78 is 1.61. The number of benzene rings is 1. The van der Waals surface area contributed by atoms with E-state index in [-0.39, 0.29) is 11.4 Å². The van der Waals surface area contributed by atoms with E-state index in [1.165, 1.54) is 0 Å². The van der Waals surface area contributed by atoms with Gasteiger partial charge in [0, 0.05) is 18.0 Å². The Morgan fingerprint density at radius 2 is 2.06 bits per heavy atom. The molecule has 3 aromatic rings. The molecule has 0 aliphatic rings. The number of fused-ring (bicyclic) bond motifs is 3. The average Bonchev–Trinajstić information content (AvgIpc) is 2.76. The molecular formula is C12H10N2O3. The molecule has 0 saturated carbocycles. The van der Waals surface area contributed by atoms with Gasteiger partial charge in [0.25, 0.3) is 0 Å². The van der Waals surface area contributed by atoms with Gasteiger partial charge in [-0.3, -0.25) is 0 Å². The van der Waals surface area contributed by atoms with Crippen LogP contribution in [0, 0.1) is 0 Å². The van der Waals surface area contributed by atoms with Crippen LogP contribution in [0.3, 0.4) is 0 Å². The first kappa shape index (κ1) is 9.77. The number of nitrogens with one attached hydrogen (secondary N) is 1. The van der Waals surface area contributed by atoms with Crippen molar-refractivity contribution in [3.63, 3.8) is 0 Å². The van der Waals surface area contributed by atoms with Crippen LogP contribution in [0.2, 0.25) is 0 Å². The number of aryl methyl sites for hydroxylation is 1. The number of hydrogen-bond donors (Lipinski definition) is 3. The van der Waals surface area contributed by atoms with Crippen molar-refractivity contribution in [1.82, 2.24) is 9.55 Å². The van der Waals surface area contributed by atoms with Crippen LogP contribution in [-0.4, -0.2) is 25.7 Å². The Morgan fingerprint density at radius 3 is 2.76 bits per heavy atom. The van der Waals surface area contributed by atoms with E-state index in [0.717, 1.165) is 21.9 Å². The van der Waals surface area contributed by atoms with E-state index in [2.05, 4.69) is 4.98 Å². The SMILES string of the molecule is Cn1c(C(=O)O)cc2[nH]c3ccc(O)cc3c21. The third-order valence-electron chi connectivity index (χ3n) is 2.98. The lowest BCUT2D eigenvalue weighted by atomic mass is 10.2. The van der Waals surface area contributed by atoms with Crippen molar-refractivity contribution >= 4 is 27.9 Å². The highest BCUT2D eigenvalue weighted by molar-refractivity contribution is 6.08. The number of aromatic nitrogens is 2. The molecule has 0 aliphatic carbocycles. The molecule has 2 heterocycles. The second-order valence-electron chi connectivity index (χ2n) is 4.01. The zero-order chi connectivity index (χ0) is 12.2. The smallest absolute Gasteiger partial charge is 0.352 e. The fourth-order valence-electron chi connectivity index (χ4n) is 2.21. The highest BCUT2D eigenvalue weighted by atomic mass is 16.4. The normalized spacial score (nSPS) is 11.4. The van der Waals surface area contributed by atoms with E-state index in [9.17, 15) is 9.90 Å². The maximum atomic E-state index is 11.0. The van der Waals surface area contributed by atoms with Crippen LogP contribution in [-0.2, 0) is 7.05 Å². The molecule has 2 aromatic heterocycles. The zero-order valence-electron chi connectivity index (χ0n) is 9.06. The molecule has 0 aliphatic heterocycles. The summed E-state index contributed by atoms with van der Waals surface area (Å²) in [6.07, 6.45) is 0. The standard InChI is InChI=1S/C12H10N2O3/c1-14-10(12(16)17)5-9-11(14)7-4-6(15)2-3-8(7)13-9/h2-5,13,15H,1H3,(H,16,17). The summed E-state index contributed by atoms with van der Waals surface area (Å²) in [6, 6.07) is 6.58. The van der Waals surface area contributed by atoms with E-state index in [4.69, 9.17) is 5.11 Å². The van der Waals surface area contributed by atoms with Crippen LogP contribution in [0.25, 0.3) is 21.9 Å². The third-order valence-corrected chi connectivity index (χ3v) is 2.98. The van der Waals surface area contributed by atoms with Gasteiger partial charge in [-0.05, 0) is 24.3 Å². The molecule has 3 N–H and O–H groups in total. The quantitative estimate of drug-likeness (QED) is 0.598. The van der Waals surface area contributed by atoms with E-state index >= 15 is 0 Å². The van der Waals surface area contributed by atoms with E-state index in [1.54, 1.807) is 35.9 Å². The molecule has 0 radical (unpaired) electrons.